The zero-order valence-electron chi connectivity index (χ0n) is 17.7. The lowest BCUT2D eigenvalue weighted by atomic mass is 10.1. The number of carbonyl (C=O) groups is 1. The summed E-state index contributed by atoms with van der Waals surface area (Å²) in [4.78, 5) is 33.6. The fraction of sp³-hybridized carbons (Fsp3) is 0.250. The Labute approximate surface area is 184 Å². The Morgan fingerprint density at radius 3 is 2.50 bits per heavy atom. The van der Waals surface area contributed by atoms with E-state index in [1.54, 1.807) is 23.1 Å². The molecule has 1 fully saturated rings. The number of hydrogen-bond donors (Lipinski definition) is 0. The van der Waals surface area contributed by atoms with Crippen LogP contribution in [0.1, 0.15) is 23.2 Å². The van der Waals surface area contributed by atoms with Crippen molar-refractivity contribution in [2.75, 3.05) is 31.1 Å². The minimum Gasteiger partial charge on any atom is -0.422 e. The summed E-state index contributed by atoms with van der Waals surface area (Å²) < 4.78 is 10.5. The maximum absolute atomic E-state index is 13.0. The number of anilines is 1. The first-order valence-corrected chi connectivity index (χ1v) is 10.6. The summed E-state index contributed by atoms with van der Waals surface area (Å²) in [5.74, 6) is 0.909. The van der Waals surface area contributed by atoms with Gasteiger partial charge in [0, 0.05) is 49.2 Å². The van der Waals surface area contributed by atoms with Crippen LogP contribution in [-0.2, 0) is 6.42 Å². The maximum atomic E-state index is 13.0. The molecule has 1 aliphatic rings. The van der Waals surface area contributed by atoms with Crippen molar-refractivity contribution in [2.45, 2.75) is 13.3 Å². The zero-order valence-corrected chi connectivity index (χ0v) is 17.7. The number of aryl methyl sites for hydroxylation is 1. The van der Waals surface area contributed by atoms with Gasteiger partial charge in [0.15, 0.2) is 0 Å². The monoisotopic (exact) mass is 430 g/mol. The molecule has 1 aliphatic heterocycles. The highest BCUT2D eigenvalue weighted by molar-refractivity contribution is 5.96. The third kappa shape index (κ3) is 3.75. The smallest absolute Gasteiger partial charge is 0.349 e. The number of rotatable bonds is 4. The van der Waals surface area contributed by atoms with Crippen molar-refractivity contribution in [3.05, 3.63) is 76.5 Å². The van der Waals surface area contributed by atoms with Gasteiger partial charge in [-0.15, -0.1) is 0 Å². The van der Waals surface area contributed by atoms with Crippen LogP contribution in [0, 0.1) is 0 Å². The van der Waals surface area contributed by atoms with Gasteiger partial charge < -0.3 is 18.7 Å². The van der Waals surface area contributed by atoms with Gasteiger partial charge in [0.1, 0.15) is 11.1 Å². The summed E-state index contributed by atoms with van der Waals surface area (Å²) in [5, 5.41) is 4.74. The van der Waals surface area contributed by atoms with Crippen LogP contribution in [0.15, 0.2) is 68.3 Å². The first-order chi connectivity index (χ1) is 15.6. The number of fused-ring (bicyclic) bond motifs is 1. The summed E-state index contributed by atoms with van der Waals surface area (Å²) in [5.41, 5.74) is 1.92. The van der Waals surface area contributed by atoms with Crippen LogP contribution >= 0.6 is 0 Å². The third-order valence-corrected chi connectivity index (χ3v) is 5.70. The van der Waals surface area contributed by atoms with E-state index in [0.29, 0.717) is 49.9 Å². The SMILES string of the molecule is CCc1nc(-c2ccc(N3CCN(C(=O)c4cc5ccccc5oc4=O)CC3)cc2)no1. The van der Waals surface area contributed by atoms with Crippen LogP contribution in [0.2, 0.25) is 0 Å². The highest BCUT2D eigenvalue weighted by Crippen LogP contribution is 2.23. The van der Waals surface area contributed by atoms with Crippen LogP contribution in [0.3, 0.4) is 0 Å². The molecule has 3 heterocycles. The fourth-order valence-corrected chi connectivity index (χ4v) is 3.89. The average molecular weight is 430 g/mol. The van der Waals surface area contributed by atoms with Gasteiger partial charge in [-0.05, 0) is 36.4 Å². The van der Waals surface area contributed by atoms with Crippen molar-refractivity contribution in [3.63, 3.8) is 0 Å². The summed E-state index contributed by atoms with van der Waals surface area (Å²) in [6.45, 7) is 4.37. The van der Waals surface area contributed by atoms with Crippen LogP contribution in [0.5, 0.6) is 0 Å². The van der Waals surface area contributed by atoms with E-state index in [0.717, 1.165) is 16.6 Å². The Bertz CT molecular complexity index is 1320. The molecule has 0 saturated carbocycles. The molecule has 8 nitrogen and oxygen atoms in total. The number of carbonyl (C=O) groups excluding carboxylic acids is 1. The highest BCUT2D eigenvalue weighted by atomic mass is 16.5. The quantitative estimate of drug-likeness (QED) is 0.458. The Kier molecular flexibility index (Phi) is 5.18. The van der Waals surface area contributed by atoms with Crippen molar-refractivity contribution in [2.24, 2.45) is 0 Å². The summed E-state index contributed by atoms with van der Waals surface area (Å²) in [6.07, 6.45) is 0.704. The molecule has 32 heavy (non-hydrogen) atoms. The molecule has 162 valence electrons. The van der Waals surface area contributed by atoms with Gasteiger partial charge >= 0.3 is 5.63 Å². The first-order valence-electron chi connectivity index (χ1n) is 10.6. The molecule has 1 saturated heterocycles. The number of nitrogens with zero attached hydrogens (tertiary/aromatic N) is 4. The van der Waals surface area contributed by atoms with Crippen molar-refractivity contribution in [1.29, 1.82) is 0 Å². The fourth-order valence-electron chi connectivity index (χ4n) is 3.89. The van der Waals surface area contributed by atoms with Gasteiger partial charge in [0.2, 0.25) is 11.7 Å². The summed E-state index contributed by atoms with van der Waals surface area (Å²) in [6, 6.07) is 16.8. The van der Waals surface area contributed by atoms with Gasteiger partial charge in [-0.25, -0.2) is 4.79 Å². The zero-order chi connectivity index (χ0) is 22.1. The molecule has 5 rings (SSSR count). The van der Waals surface area contributed by atoms with Crippen molar-refractivity contribution >= 4 is 22.6 Å². The van der Waals surface area contributed by atoms with E-state index in [-0.39, 0.29) is 11.5 Å². The van der Waals surface area contributed by atoms with Gasteiger partial charge in [0.05, 0.1) is 0 Å². The van der Waals surface area contributed by atoms with E-state index in [9.17, 15) is 9.59 Å². The Morgan fingerprint density at radius 1 is 1.03 bits per heavy atom. The molecule has 0 radical (unpaired) electrons. The second-order valence-electron chi connectivity index (χ2n) is 7.68. The lowest BCUT2D eigenvalue weighted by Gasteiger charge is -2.36. The van der Waals surface area contributed by atoms with Gasteiger partial charge in [0.25, 0.3) is 5.91 Å². The van der Waals surface area contributed by atoms with Crippen LogP contribution < -0.4 is 10.5 Å². The second kappa shape index (κ2) is 8.30. The third-order valence-electron chi connectivity index (χ3n) is 5.70. The number of hydrogen-bond acceptors (Lipinski definition) is 7. The minimum atomic E-state index is -0.598. The van der Waals surface area contributed by atoms with Crippen LogP contribution in [0.4, 0.5) is 5.69 Å². The molecule has 2 aromatic heterocycles. The first kappa shape index (κ1) is 20.0. The van der Waals surface area contributed by atoms with E-state index < -0.39 is 5.63 Å². The molecule has 0 N–H and O–H groups in total. The molecule has 0 spiro atoms. The number of para-hydroxylation sites is 1. The summed E-state index contributed by atoms with van der Waals surface area (Å²) >= 11 is 0. The normalized spacial score (nSPS) is 14.2. The van der Waals surface area contributed by atoms with E-state index in [2.05, 4.69) is 15.0 Å². The topological polar surface area (TPSA) is 92.7 Å². The average Bonchev–Trinajstić information content (AvgIpc) is 3.33. The standard InChI is InChI=1S/C24H22N4O4/c1-2-21-25-22(26-32-21)16-7-9-18(10-8-16)27-11-13-28(14-12-27)23(29)19-15-17-5-3-4-6-20(17)31-24(19)30/h3-10,15H,2,11-14H2,1H3. The van der Waals surface area contributed by atoms with E-state index >= 15 is 0 Å². The largest absolute Gasteiger partial charge is 0.422 e. The van der Waals surface area contributed by atoms with E-state index in [1.807, 2.05) is 43.3 Å². The molecular weight excluding hydrogens is 408 g/mol. The molecule has 0 aliphatic carbocycles. The van der Waals surface area contributed by atoms with Crippen LogP contribution in [-0.4, -0.2) is 47.1 Å². The predicted molar refractivity (Wildman–Crippen MR) is 120 cm³/mol. The molecule has 0 bridgehead atoms. The highest BCUT2D eigenvalue weighted by Gasteiger charge is 2.25. The maximum Gasteiger partial charge on any atom is 0.349 e. The Hall–Kier alpha value is -3.94. The lowest BCUT2D eigenvalue weighted by molar-refractivity contribution is 0.0742. The van der Waals surface area contributed by atoms with Crippen molar-refractivity contribution < 1.29 is 13.7 Å². The number of amides is 1. The number of aromatic nitrogens is 2. The molecule has 4 aromatic rings. The van der Waals surface area contributed by atoms with Crippen molar-refractivity contribution in [1.82, 2.24) is 15.0 Å². The predicted octanol–water partition coefficient (Wildman–Crippen LogP) is 3.37. The molecule has 8 heteroatoms. The Morgan fingerprint density at radius 2 is 1.78 bits per heavy atom. The summed E-state index contributed by atoms with van der Waals surface area (Å²) in [7, 11) is 0. The van der Waals surface area contributed by atoms with Gasteiger partial charge in [-0.3, -0.25) is 4.79 Å². The van der Waals surface area contributed by atoms with Gasteiger partial charge in [-0.2, -0.15) is 4.98 Å². The minimum absolute atomic E-state index is 0.0769. The van der Waals surface area contributed by atoms with Gasteiger partial charge in [-0.1, -0.05) is 30.3 Å². The molecule has 0 atom stereocenters. The molecule has 1 amide bonds. The molecule has 2 aromatic carbocycles. The van der Waals surface area contributed by atoms with Crippen molar-refractivity contribution in [3.8, 4) is 11.4 Å². The molecule has 0 unspecified atom stereocenters. The molecular formula is C24H22N4O4. The second-order valence-corrected chi connectivity index (χ2v) is 7.68. The number of benzene rings is 2. The van der Waals surface area contributed by atoms with Crippen LogP contribution in [0.25, 0.3) is 22.4 Å². The Balaban J connectivity index is 1.26. The lowest BCUT2D eigenvalue weighted by Crippen LogP contribution is -2.49. The van der Waals surface area contributed by atoms with E-state index in [1.165, 1.54) is 0 Å². The number of piperazine rings is 1. The van der Waals surface area contributed by atoms with E-state index in [4.69, 9.17) is 8.94 Å².